The van der Waals surface area contributed by atoms with Crippen molar-refractivity contribution in [1.82, 2.24) is 9.88 Å². The summed E-state index contributed by atoms with van der Waals surface area (Å²) in [6.45, 7) is 5.71. The van der Waals surface area contributed by atoms with Crippen molar-refractivity contribution >= 4 is 46.2 Å². The molecule has 0 aliphatic carbocycles. The standard InChI is InChI=1S/C22H26N4O5S/c1-3-31-21(28)17-5-4-12-25(13-17)14-20-19(24-22(32-20)23-15(2)27)11-8-16-6-9-18(10-7-16)26(29)30/h6-11,17H,3-5,12-14H2,1-2H3,(H,23,24,27)/b11-8-/t17-/m1/s1. The molecule has 1 atom stereocenters. The van der Waals surface area contributed by atoms with E-state index in [4.69, 9.17) is 4.74 Å². The zero-order valence-corrected chi connectivity index (χ0v) is 18.9. The van der Waals surface area contributed by atoms with Gasteiger partial charge in [-0.15, -0.1) is 0 Å². The molecule has 1 aromatic heterocycles. The van der Waals surface area contributed by atoms with Gasteiger partial charge in [-0.25, -0.2) is 4.98 Å². The monoisotopic (exact) mass is 458 g/mol. The number of non-ortho nitro benzene ring substituents is 1. The molecular weight excluding hydrogens is 432 g/mol. The maximum atomic E-state index is 12.2. The van der Waals surface area contributed by atoms with Crippen LogP contribution in [0.5, 0.6) is 0 Å². The van der Waals surface area contributed by atoms with Gasteiger partial charge in [-0.2, -0.15) is 0 Å². The van der Waals surface area contributed by atoms with Gasteiger partial charge >= 0.3 is 5.97 Å². The molecule has 0 saturated carbocycles. The lowest BCUT2D eigenvalue weighted by Gasteiger charge is -2.31. The molecule has 1 fully saturated rings. The molecule has 1 aromatic carbocycles. The molecule has 1 N–H and O–H groups in total. The lowest BCUT2D eigenvalue weighted by molar-refractivity contribution is -0.384. The molecule has 170 valence electrons. The summed E-state index contributed by atoms with van der Waals surface area (Å²) in [5.74, 6) is -0.485. The van der Waals surface area contributed by atoms with E-state index in [2.05, 4.69) is 15.2 Å². The van der Waals surface area contributed by atoms with Crippen LogP contribution in [0.2, 0.25) is 0 Å². The lowest BCUT2D eigenvalue weighted by Crippen LogP contribution is -2.38. The number of aromatic nitrogens is 1. The predicted octanol–water partition coefficient (Wildman–Crippen LogP) is 3.96. The predicted molar refractivity (Wildman–Crippen MR) is 123 cm³/mol. The third-order valence-corrected chi connectivity index (χ3v) is 6.01. The average molecular weight is 459 g/mol. The number of anilines is 1. The van der Waals surface area contributed by atoms with E-state index in [1.807, 2.05) is 19.1 Å². The van der Waals surface area contributed by atoms with E-state index in [9.17, 15) is 19.7 Å². The number of benzene rings is 1. The summed E-state index contributed by atoms with van der Waals surface area (Å²) >= 11 is 1.40. The topological polar surface area (TPSA) is 115 Å². The Morgan fingerprint density at radius 1 is 1.34 bits per heavy atom. The third kappa shape index (κ3) is 6.44. The molecule has 0 unspecified atom stereocenters. The maximum Gasteiger partial charge on any atom is 0.310 e. The Balaban J connectivity index is 1.77. The number of thiazole rings is 1. The first-order chi connectivity index (χ1) is 15.4. The van der Waals surface area contributed by atoms with Crippen LogP contribution in [0.3, 0.4) is 0 Å². The summed E-state index contributed by atoms with van der Waals surface area (Å²) in [4.78, 5) is 41.7. The molecule has 0 bridgehead atoms. The van der Waals surface area contributed by atoms with Gasteiger partial charge in [0, 0.05) is 37.0 Å². The Kier molecular flexibility index (Phi) is 8.07. The van der Waals surface area contributed by atoms with Gasteiger partial charge < -0.3 is 10.1 Å². The van der Waals surface area contributed by atoms with E-state index >= 15 is 0 Å². The molecule has 1 saturated heterocycles. The third-order valence-electron chi connectivity index (χ3n) is 5.04. The molecule has 10 heteroatoms. The summed E-state index contributed by atoms with van der Waals surface area (Å²) < 4.78 is 5.19. The first-order valence-corrected chi connectivity index (χ1v) is 11.3. The molecule has 0 spiro atoms. The molecule has 9 nitrogen and oxygen atoms in total. The number of nitrogens with zero attached hydrogens (tertiary/aromatic N) is 3. The van der Waals surface area contributed by atoms with Crippen molar-refractivity contribution in [2.75, 3.05) is 25.0 Å². The summed E-state index contributed by atoms with van der Waals surface area (Å²) in [5, 5.41) is 14.1. The van der Waals surface area contributed by atoms with Crippen LogP contribution in [-0.2, 0) is 20.9 Å². The number of piperidine rings is 1. The van der Waals surface area contributed by atoms with Gasteiger partial charge in [0.25, 0.3) is 5.69 Å². The van der Waals surface area contributed by atoms with Gasteiger partial charge in [-0.3, -0.25) is 24.6 Å². The highest BCUT2D eigenvalue weighted by molar-refractivity contribution is 7.16. The zero-order chi connectivity index (χ0) is 23.1. The number of hydrogen-bond acceptors (Lipinski definition) is 8. The zero-order valence-electron chi connectivity index (χ0n) is 18.1. The van der Waals surface area contributed by atoms with Gasteiger partial charge in [0.1, 0.15) is 0 Å². The number of ether oxygens (including phenoxy) is 1. The summed E-state index contributed by atoms with van der Waals surface area (Å²) in [6.07, 6.45) is 5.40. The van der Waals surface area contributed by atoms with Crippen molar-refractivity contribution in [3.8, 4) is 0 Å². The number of esters is 1. The molecule has 3 rings (SSSR count). The van der Waals surface area contributed by atoms with E-state index in [1.165, 1.54) is 30.4 Å². The Labute approximate surface area is 190 Å². The Bertz CT molecular complexity index is 1000. The number of nitro benzene ring substituents is 1. The van der Waals surface area contributed by atoms with Crippen molar-refractivity contribution in [2.45, 2.75) is 33.2 Å². The highest BCUT2D eigenvalue weighted by Gasteiger charge is 2.27. The van der Waals surface area contributed by atoms with Crippen LogP contribution in [0.4, 0.5) is 10.8 Å². The number of nitro groups is 1. The van der Waals surface area contributed by atoms with Crippen molar-refractivity contribution < 1.29 is 19.2 Å². The lowest BCUT2D eigenvalue weighted by atomic mass is 9.98. The molecule has 1 aliphatic rings. The number of carbonyl (C=O) groups is 2. The Morgan fingerprint density at radius 3 is 2.75 bits per heavy atom. The van der Waals surface area contributed by atoms with Crippen LogP contribution < -0.4 is 5.32 Å². The van der Waals surface area contributed by atoms with Crippen molar-refractivity contribution in [2.24, 2.45) is 5.92 Å². The molecule has 32 heavy (non-hydrogen) atoms. The highest BCUT2D eigenvalue weighted by Crippen LogP contribution is 2.28. The van der Waals surface area contributed by atoms with E-state index in [-0.39, 0.29) is 23.5 Å². The number of carbonyl (C=O) groups excluding carboxylic acids is 2. The second kappa shape index (κ2) is 11.0. The van der Waals surface area contributed by atoms with Crippen LogP contribution in [0.25, 0.3) is 12.2 Å². The fraction of sp³-hybridized carbons (Fsp3) is 0.409. The van der Waals surface area contributed by atoms with Gasteiger partial charge in [0.2, 0.25) is 5.91 Å². The summed E-state index contributed by atoms with van der Waals surface area (Å²) in [6, 6.07) is 6.25. The number of nitrogens with one attached hydrogen (secondary N) is 1. The molecule has 1 aliphatic heterocycles. The van der Waals surface area contributed by atoms with Gasteiger partial charge in [-0.1, -0.05) is 17.4 Å². The minimum atomic E-state index is -0.437. The quantitative estimate of drug-likeness (QED) is 0.362. The van der Waals surface area contributed by atoms with Crippen LogP contribution in [-0.4, -0.2) is 46.4 Å². The molecule has 2 heterocycles. The number of likely N-dealkylation sites (tertiary alicyclic amines) is 1. The van der Waals surface area contributed by atoms with Crippen LogP contribution in [0.1, 0.15) is 42.8 Å². The highest BCUT2D eigenvalue weighted by atomic mass is 32.1. The van der Waals surface area contributed by atoms with Gasteiger partial charge in [0.05, 0.1) is 23.1 Å². The molecule has 0 radical (unpaired) electrons. The number of hydrogen-bond donors (Lipinski definition) is 1. The fourth-order valence-corrected chi connectivity index (χ4v) is 4.59. The van der Waals surface area contributed by atoms with E-state index < -0.39 is 4.92 Å². The Morgan fingerprint density at radius 2 is 2.09 bits per heavy atom. The minimum Gasteiger partial charge on any atom is -0.466 e. The normalized spacial score (nSPS) is 16.8. The fourth-order valence-electron chi connectivity index (χ4n) is 3.55. The van der Waals surface area contributed by atoms with E-state index in [1.54, 1.807) is 12.1 Å². The summed E-state index contributed by atoms with van der Waals surface area (Å²) in [7, 11) is 0. The smallest absolute Gasteiger partial charge is 0.310 e. The largest absolute Gasteiger partial charge is 0.466 e. The maximum absolute atomic E-state index is 12.2. The Hall–Kier alpha value is -3.11. The van der Waals surface area contributed by atoms with Crippen LogP contribution >= 0.6 is 11.3 Å². The van der Waals surface area contributed by atoms with Crippen molar-refractivity contribution in [3.05, 3.63) is 50.5 Å². The summed E-state index contributed by atoms with van der Waals surface area (Å²) in [5.41, 5.74) is 1.55. The van der Waals surface area contributed by atoms with E-state index in [0.717, 1.165) is 35.5 Å². The number of rotatable bonds is 8. The molecule has 1 amide bonds. The van der Waals surface area contributed by atoms with Gasteiger partial charge in [0.15, 0.2) is 5.13 Å². The van der Waals surface area contributed by atoms with Crippen molar-refractivity contribution in [1.29, 1.82) is 0 Å². The second-order valence-electron chi connectivity index (χ2n) is 7.52. The first kappa shape index (κ1) is 23.6. The van der Waals surface area contributed by atoms with Crippen molar-refractivity contribution in [3.63, 3.8) is 0 Å². The SMILES string of the molecule is CCOC(=O)[C@@H]1CCCN(Cc2sc(NC(C)=O)nc2/C=C\c2ccc([N+](=O)[O-])cc2)C1. The van der Waals surface area contributed by atoms with Gasteiger partial charge in [-0.05, 0) is 50.1 Å². The minimum absolute atomic E-state index is 0.0331. The van der Waals surface area contributed by atoms with Crippen LogP contribution in [0.15, 0.2) is 24.3 Å². The number of amides is 1. The second-order valence-corrected chi connectivity index (χ2v) is 8.60. The molecule has 2 aromatic rings. The average Bonchev–Trinajstić information content (AvgIpc) is 3.13. The first-order valence-electron chi connectivity index (χ1n) is 10.4. The molecular formula is C22H26N4O5S. The van der Waals surface area contributed by atoms with Crippen LogP contribution in [0, 0.1) is 16.0 Å². The van der Waals surface area contributed by atoms with E-state index in [0.29, 0.717) is 24.8 Å².